The van der Waals surface area contributed by atoms with Crippen LogP contribution in [0, 0.1) is 0 Å². The minimum absolute atomic E-state index is 0.106. The van der Waals surface area contributed by atoms with E-state index in [0.717, 1.165) is 18.7 Å². The average Bonchev–Trinajstić information content (AvgIpc) is 2.83. The number of aliphatic hydroxyl groups excluding tert-OH is 1. The predicted molar refractivity (Wildman–Crippen MR) is 65.0 cm³/mol. The number of benzene rings is 1. The Morgan fingerprint density at radius 2 is 1.88 bits per heavy atom. The van der Waals surface area contributed by atoms with Crippen molar-refractivity contribution in [3.8, 4) is 0 Å². The summed E-state index contributed by atoms with van der Waals surface area (Å²) in [6, 6.07) is 7.96. The van der Waals surface area contributed by atoms with Crippen LogP contribution >= 0.6 is 11.3 Å². The summed E-state index contributed by atoms with van der Waals surface area (Å²) in [7, 11) is 0. The lowest BCUT2D eigenvalue weighted by Crippen LogP contribution is -2.11. The molecular weight excluding hydrogens is 220 g/mol. The second kappa shape index (κ2) is 5.75. The van der Waals surface area contributed by atoms with E-state index in [9.17, 15) is 0 Å². The van der Waals surface area contributed by atoms with Crippen LogP contribution in [-0.4, -0.2) is 10.1 Å². The number of nitrogens with zero attached hydrogens (tertiary/aromatic N) is 1. The fourth-order valence-electron chi connectivity index (χ4n) is 1.42. The van der Waals surface area contributed by atoms with E-state index < -0.39 is 0 Å². The van der Waals surface area contributed by atoms with Crippen LogP contribution in [0.2, 0.25) is 0 Å². The number of aliphatic hydroxyl groups is 1. The lowest BCUT2D eigenvalue weighted by atomic mass is 10.1. The molecule has 0 aliphatic rings. The Hall–Kier alpha value is -1.23. The molecule has 3 nitrogen and oxygen atoms in total. The third-order valence-electron chi connectivity index (χ3n) is 2.32. The highest BCUT2D eigenvalue weighted by molar-refractivity contribution is 7.09. The molecule has 0 atom stereocenters. The maximum atomic E-state index is 8.91. The van der Waals surface area contributed by atoms with Crippen molar-refractivity contribution in [2.45, 2.75) is 19.7 Å². The minimum atomic E-state index is 0.106. The van der Waals surface area contributed by atoms with Crippen molar-refractivity contribution in [1.29, 1.82) is 0 Å². The zero-order chi connectivity index (χ0) is 11.2. The molecule has 16 heavy (non-hydrogen) atoms. The van der Waals surface area contributed by atoms with E-state index >= 15 is 0 Å². The van der Waals surface area contributed by atoms with Crippen LogP contribution in [0.25, 0.3) is 0 Å². The van der Waals surface area contributed by atoms with Crippen LogP contribution in [0.4, 0.5) is 0 Å². The van der Waals surface area contributed by atoms with Gasteiger partial charge in [0.05, 0.1) is 12.1 Å². The van der Waals surface area contributed by atoms with E-state index in [0.29, 0.717) is 0 Å². The highest BCUT2D eigenvalue weighted by atomic mass is 32.1. The quantitative estimate of drug-likeness (QED) is 0.831. The Balaban J connectivity index is 1.81. The van der Waals surface area contributed by atoms with Crippen LogP contribution in [0.3, 0.4) is 0 Å². The zero-order valence-electron chi connectivity index (χ0n) is 8.89. The van der Waals surface area contributed by atoms with Crippen molar-refractivity contribution in [3.05, 3.63) is 52.0 Å². The first-order valence-corrected chi connectivity index (χ1v) is 6.03. The maximum Gasteiger partial charge on any atom is 0.0794 e. The van der Waals surface area contributed by atoms with Gasteiger partial charge in [0.2, 0.25) is 0 Å². The Labute approximate surface area is 98.8 Å². The number of rotatable bonds is 5. The van der Waals surface area contributed by atoms with Crippen molar-refractivity contribution in [2.24, 2.45) is 0 Å². The van der Waals surface area contributed by atoms with E-state index in [-0.39, 0.29) is 6.61 Å². The molecule has 84 valence electrons. The summed E-state index contributed by atoms with van der Waals surface area (Å²) in [5.74, 6) is 0. The van der Waals surface area contributed by atoms with Gasteiger partial charge in [0.15, 0.2) is 0 Å². The van der Waals surface area contributed by atoms with Gasteiger partial charge in [0, 0.05) is 24.2 Å². The van der Waals surface area contributed by atoms with Gasteiger partial charge in [-0.25, -0.2) is 0 Å². The molecule has 0 bridgehead atoms. The molecule has 1 aromatic heterocycles. The molecule has 0 spiro atoms. The van der Waals surface area contributed by atoms with Crippen molar-refractivity contribution in [1.82, 2.24) is 10.3 Å². The number of hydrogen-bond donors (Lipinski definition) is 2. The van der Waals surface area contributed by atoms with Gasteiger partial charge >= 0.3 is 0 Å². The Morgan fingerprint density at radius 1 is 1.12 bits per heavy atom. The normalized spacial score (nSPS) is 10.6. The summed E-state index contributed by atoms with van der Waals surface area (Å²) in [5, 5.41) is 12.3. The number of thiazole rings is 1. The largest absolute Gasteiger partial charge is 0.392 e. The summed E-state index contributed by atoms with van der Waals surface area (Å²) >= 11 is 1.66. The van der Waals surface area contributed by atoms with Gasteiger partial charge in [0.25, 0.3) is 0 Å². The van der Waals surface area contributed by atoms with Crippen molar-refractivity contribution < 1.29 is 5.11 Å². The monoisotopic (exact) mass is 234 g/mol. The molecular formula is C12H14N2OS. The Bertz CT molecular complexity index is 411. The predicted octanol–water partition coefficient (Wildman–Crippen LogP) is 1.93. The van der Waals surface area contributed by atoms with Crippen LogP contribution < -0.4 is 5.32 Å². The molecule has 1 heterocycles. The fraction of sp³-hybridized carbons (Fsp3) is 0.250. The molecule has 2 aromatic rings. The van der Waals surface area contributed by atoms with Gasteiger partial charge in [-0.3, -0.25) is 4.98 Å². The third kappa shape index (κ3) is 3.13. The zero-order valence-corrected chi connectivity index (χ0v) is 9.70. The van der Waals surface area contributed by atoms with Gasteiger partial charge in [-0.1, -0.05) is 24.3 Å². The van der Waals surface area contributed by atoms with Crippen LogP contribution in [0.5, 0.6) is 0 Å². The molecule has 0 unspecified atom stereocenters. The highest BCUT2D eigenvalue weighted by Crippen LogP contribution is 2.06. The van der Waals surface area contributed by atoms with E-state index in [1.54, 1.807) is 11.3 Å². The molecule has 0 saturated heterocycles. The van der Waals surface area contributed by atoms with Gasteiger partial charge in [-0.05, 0) is 11.1 Å². The van der Waals surface area contributed by atoms with Crippen LogP contribution in [0.1, 0.15) is 16.0 Å². The van der Waals surface area contributed by atoms with Crippen LogP contribution in [0.15, 0.2) is 36.0 Å². The number of nitrogens with one attached hydrogen (secondary N) is 1. The maximum absolute atomic E-state index is 8.91. The van der Waals surface area contributed by atoms with Crippen molar-refractivity contribution in [3.63, 3.8) is 0 Å². The highest BCUT2D eigenvalue weighted by Gasteiger charge is 1.96. The first-order valence-electron chi connectivity index (χ1n) is 5.15. The van der Waals surface area contributed by atoms with E-state index in [1.165, 1.54) is 10.4 Å². The van der Waals surface area contributed by atoms with E-state index in [1.807, 2.05) is 36.0 Å². The summed E-state index contributed by atoms with van der Waals surface area (Å²) in [4.78, 5) is 5.26. The second-order valence-electron chi connectivity index (χ2n) is 3.55. The second-order valence-corrected chi connectivity index (χ2v) is 4.52. The molecule has 2 N–H and O–H groups in total. The molecule has 0 aliphatic heterocycles. The fourth-order valence-corrected chi connectivity index (χ4v) is 1.99. The molecule has 0 saturated carbocycles. The number of hydrogen-bond acceptors (Lipinski definition) is 4. The lowest BCUT2D eigenvalue weighted by Gasteiger charge is -2.04. The topological polar surface area (TPSA) is 45.1 Å². The molecule has 0 fully saturated rings. The van der Waals surface area contributed by atoms with Gasteiger partial charge in [-0.15, -0.1) is 11.3 Å². The standard InChI is InChI=1S/C12H14N2OS/c15-8-11-3-1-10(2-4-11)5-13-6-12-7-14-9-16-12/h1-4,7,9,13,15H,5-6,8H2. The Morgan fingerprint density at radius 3 is 2.50 bits per heavy atom. The van der Waals surface area contributed by atoms with Crippen LogP contribution in [-0.2, 0) is 19.7 Å². The van der Waals surface area contributed by atoms with E-state index in [2.05, 4.69) is 10.3 Å². The summed E-state index contributed by atoms with van der Waals surface area (Å²) in [5.41, 5.74) is 4.01. The smallest absolute Gasteiger partial charge is 0.0794 e. The molecule has 4 heteroatoms. The summed E-state index contributed by atoms with van der Waals surface area (Å²) in [6.07, 6.45) is 1.88. The van der Waals surface area contributed by atoms with E-state index in [4.69, 9.17) is 5.11 Å². The Kier molecular flexibility index (Phi) is 4.04. The molecule has 0 radical (unpaired) electrons. The van der Waals surface area contributed by atoms with Crippen molar-refractivity contribution in [2.75, 3.05) is 0 Å². The molecule has 2 rings (SSSR count). The van der Waals surface area contributed by atoms with Gasteiger partial charge in [0.1, 0.15) is 0 Å². The SMILES string of the molecule is OCc1ccc(CNCc2cncs2)cc1. The first kappa shape index (κ1) is 11.3. The lowest BCUT2D eigenvalue weighted by molar-refractivity contribution is 0.282. The van der Waals surface area contributed by atoms with Crippen molar-refractivity contribution >= 4 is 11.3 Å². The molecule has 1 aromatic carbocycles. The third-order valence-corrected chi connectivity index (χ3v) is 3.10. The van der Waals surface area contributed by atoms with Gasteiger partial charge in [-0.2, -0.15) is 0 Å². The molecule has 0 aliphatic carbocycles. The van der Waals surface area contributed by atoms with Gasteiger partial charge < -0.3 is 10.4 Å². The number of aromatic nitrogens is 1. The average molecular weight is 234 g/mol. The minimum Gasteiger partial charge on any atom is -0.392 e. The summed E-state index contributed by atoms with van der Waals surface area (Å²) in [6.45, 7) is 1.80. The first-order chi connectivity index (χ1) is 7.88. The summed E-state index contributed by atoms with van der Waals surface area (Å²) < 4.78 is 0. The molecule has 0 amide bonds.